The molecule has 5 nitrogen and oxygen atoms in total. The first-order valence-electron chi connectivity index (χ1n) is 4.94. The number of rotatable bonds is 1. The van der Waals surface area contributed by atoms with Crippen molar-refractivity contribution >= 4 is 10.8 Å². The second kappa shape index (κ2) is 3.52. The maximum Gasteiger partial charge on any atom is 0.275 e. The van der Waals surface area contributed by atoms with Crippen molar-refractivity contribution in [3.8, 4) is 11.5 Å². The summed E-state index contributed by atoms with van der Waals surface area (Å²) in [6.07, 6.45) is 1.50. The molecule has 0 bridgehead atoms. The van der Waals surface area contributed by atoms with Gasteiger partial charge in [-0.25, -0.2) is 4.68 Å². The Kier molecular flexibility index (Phi) is 2.30. The van der Waals surface area contributed by atoms with Crippen LogP contribution in [-0.4, -0.2) is 20.0 Å². The summed E-state index contributed by atoms with van der Waals surface area (Å²) in [5.74, 6) is -0.554. The summed E-state index contributed by atoms with van der Waals surface area (Å²) in [5.41, 5.74) is -0.275. The first kappa shape index (κ1) is 10.5. The third kappa shape index (κ3) is 1.50. The van der Waals surface area contributed by atoms with Crippen LogP contribution >= 0.6 is 0 Å². The molecule has 16 heavy (non-hydrogen) atoms. The van der Waals surface area contributed by atoms with E-state index in [0.29, 0.717) is 10.8 Å². The van der Waals surface area contributed by atoms with Crippen molar-refractivity contribution in [2.24, 2.45) is 0 Å². The van der Waals surface area contributed by atoms with Gasteiger partial charge in [-0.1, -0.05) is 0 Å². The molecule has 0 spiro atoms. The van der Waals surface area contributed by atoms with Crippen molar-refractivity contribution in [2.75, 3.05) is 0 Å². The van der Waals surface area contributed by atoms with Crippen LogP contribution in [0.3, 0.4) is 0 Å². The molecule has 0 aliphatic heterocycles. The van der Waals surface area contributed by atoms with Crippen LogP contribution in [0.25, 0.3) is 10.8 Å². The van der Waals surface area contributed by atoms with Crippen LogP contribution in [0.5, 0.6) is 11.5 Å². The lowest BCUT2D eigenvalue weighted by molar-refractivity contribution is 0.404. The second-order valence-electron chi connectivity index (χ2n) is 3.92. The highest BCUT2D eigenvalue weighted by atomic mass is 16.3. The van der Waals surface area contributed by atoms with E-state index in [1.807, 2.05) is 13.8 Å². The Morgan fingerprint density at radius 1 is 1.25 bits per heavy atom. The lowest BCUT2D eigenvalue weighted by atomic mass is 10.2. The number of hydrogen-bond acceptors (Lipinski definition) is 4. The molecule has 84 valence electrons. The predicted octanol–water partition coefficient (Wildman–Crippen LogP) is 1.39. The van der Waals surface area contributed by atoms with E-state index in [1.54, 1.807) is 0 Å². The topological polar surface area (TPSA) is 75.3 Å². The van der Waals surface area contributed by atoms with Gasteiger partial charge in [0.05, 0.1) is 17.6 Å². The van der Waals surface area contributed by atoms with E-state index in [9.17, 15) is 15.0 Å². The number of aromatic nitrogens is 2. The highest BCUT2D eigenvalue weighted by Crippen LogP contribution is 2.28. The van der Waals surface area contributed by atoms with Crippen LogP contribution in [-0.2, 0) is 0 Å². The quantitative estimate of drug-likeness (QED) is 0.712. The molecule has 2 rings (SSSR count). The lowest BCUT2D eigenvalue weighted by Crippen LogP contribution is -2.24. The first-order chi connectivity index (χ1) is 7.50. The van der Waals surface area contributed by atoms with Gasteiger partial charge < -0.3 is 10.2 Å². The molecule has 0 amide bonds. The molecule has 5 heteroatoms. The van der Waals surface area contributed by atoms with Gasteiger partial charge in [0.1, 0.15) is 0 Å². The van der Waals surface area contributed by atoms with E-state index in [1.165, 1.54) is 23.0 Å². The van der Waals surface area contributed by atoms with Gasteiger partial charge >= 0.3 is 0 Å². The van der Waals surface area contributed by atoms with E-state index < -0.39 is 0 Å². The van der Waals surface area contributed by atoms with Gasteiger partial charge in [-0.15, -0.1) is 0 Å². The molecule has 1 heterocycles. The number of benzene rings is 1. The molecular weight excluding hydrogens is 208 g/mol. The summed E-state index contributed by atoms with van der Waals surface area (Å²) in [6.45, 7) is 3.70. The van der Waals surface area contributed by atoms with Crippen LogP contribution in [0.15, 0.2) is 23.1 Å². The van der Waals surface area contributed by atoms with Crippen LogP contribution < -0.4 is 5.56 Å². The van der Waals surface area contributed by atoms with Crippen molar-refractivity contribution in [3.05, 3.63) is 28.7 Å². The van der Waals surface area contributed by atoms with Gasteiger partial charge in [0, 0.05) is 5.39 Å². The van der Waals surface area contributed by atoms with Gasteiger partial charge in [0.15, 0.2) is 11.5 Å². The Balaban J connectivity index is 2.85. The first-order valence-corrected chi connectivity index (χ1v) is 4.94. The number of nitrogens with zero attached hydrogens (tertiary/aromatic N) is 2. The molecule has 2 N–H and O–H groups in total. The molecule has 0 atom stereocenters. The van der Waals surface area contributed by atoms with Gasteiger partial charge in [0.25, 0.3) is 5.56 Å². The van der Waals surface area contributed by atoms with E-state index in [0.717, 1.165) is 0 Å². The molecule has 0 saturated carbocycles. The fourth-order valence-electron chi connectivity index (χ4n) is 1.55. The zero-order valence-electron chi connectivity index (χ0n) is 9.01. The highest BCUT2D eigenvalue weighted by Gasteiger charge is 2.09. The molecule has 0 fully saturated rings. The largest absolute Gasteiger partial charge is 0.504 e. The standard InChI is InChI=1S/C11H12N2O3/c1-6(2)13-11(16)8-4-10(15)9(14)3-7(8)5-12-13/h3-6,14-15H,1-2H3. The Morgan fingerprint density at radius 2 is 1.88 bits per heavy atom. The summed E-state index contributed by atoms with van der Waals surface area (Å²) in [6, 6.07) is 2.53. The molecular formula is C11H12N2O3. The minimum Gasteiger partial charge on any atom is -0.504 e. The van der Waals surface area contributed by atoms with Gasteiger partial charge in [-0.05, 0) is 26.0 Å². The minimum atomic E-state index is -0.300. The van der Waals surface area contributed by atoms with Gasteiger partial charge in [-0.3, -0.25) is 4.79 Å². The number of phenols is 2. The molecule has 1 aromatic heterocycles. The van der Waals surface area contributed by atoms with Crippen molar-refractivity contribution in [1.82, 2.24) is 9.78 Å². The van der Waals surface area contributed by atoms with Crippen LogP contribution in [0.1, 0.15) is 19.9 Å². The smallest absolute Gasteiger partial charge is 0.275 e. The molecule has 0 saturated heterocycles. The number of aromatic hydroxyl groups is 2. The van der Waals surface area contributed by atoms with E-state index in [4.69, 9.17) is 0 Å². The fourth-order valence-corrected chi connectivity index (χ4v) is 1.55. The van der Waals surface area contributed by atoms with Crippen molar-refractivity contribution < 1.29 is 10.2 Å². The molecule has 0 aliphatic rings. The number of phenolic OH excluding ortho intramolecular Hbond substituents is 2. The van der Waals surface area contributed by atoms with E-state index >= 15 is 0 Å². The Morgan fingerprint density at radius 3 is 2.50 bits per heavy atom. The summed E-state index contributed by atoms with van der Waals surface area (Å²) in [4.78, 5) is 11.9. The third-order valence-electron chi connectivity index (χ3n) is 2.40. The van der Waals surface area contributed by atoms with E-state index in [2.05, 4.69) is 5.10 Å². The van der Waals surface area contributed by atoms with Crippen molar-refractivity contribution in [3.63, 3.8) is 0 Å². The monoisotopic (exact) mass is 220 g/mol. The summed E-state index contributed by atoms with van der Waals surface area (Å²) >= 11 is 0. The van der Waals surface area contributed by atoms with Crippen molar-refractivity contribution in [1.29, 1.82) is 0 Å². The van der Waals surface area contributed by atoms with Crippen LogP contribution in [0, 0.1) is 0 Å². The average Bonchev–Trinajstić information content (AvgIpc) is 2.21. The van der Waals surface area contributed by atoms with Crippen LogP contribution in [0.2, 0.25) is 0 Å². The number of hydrogen-bond donors (Lipinski definition) is 2. The maximum absolute atomic E-state index is 11.9. The number of fused-ring (bicyclic) bond motifs is 1. The minimum absolute atomic E-state index is 0.0483. The second-order valence-corrected chi connectivity index (χ2v) is 3.92. The average molecular weight is 220 g/mol. The van der Waals surface area contributed by atoms with Crippen molar-refractivity contribution in [2.45, 2.75) is 19.9 Å². The molecule has 0 radical (unpaired) electrons. The van der Waals surface area contributed by atoms with E-state index in [-0.39, 0.29) is 23.1 Å². The SMILES string of the molecule is CC(C)n1ncc2cc(O)c(O)cc2c1=O. The predicted molar refractivity (Wildman–Crippen MR) is 59.7 cm³/mol. The lowest BCUT2D eigenvalue weighted by Gasteiger charge is -2.09. The Labute approximate surface area is 91.6 Å². The summed E-state index contributed by atoms with van der Waals surface area (Å²) in [5, 5.41) is 23.5. The summed E-state index contributed by atoms with van der Waals surface area (Å²) in [7, 11) is 0. The molecule has 0 unspecified atom stereocenters. The zero-order valence-corrected chi connectivity index (χ0v) is 9.01. The normalized spacial score (nSPS) is 11.2. The zero-order chi connectivity index (χ0) is 11.9. The molecule has 1 aromatic carbocycles. The Hall–Kier alpha value is -2.04. The van der Waals surface area contributed by atoms with Gasteiger partial charge in [-0.2, -0.15) is 5.10 Å². The summed E-state index contributed by atoms with van der Waals surface area (Å²) < 4.78 is 1.33. The highest BCUT2D eigenvalue weighted by molar-refractivity contribution is 5.84. The molecule has 0 aliphatic carbocycles. The van der Waals surface area contributed by atoms with Crippen LogP contribution in [0.4, 0.5) is 0 Å². The third-order valence-corrected chi connectivity index (χ3v) is 2.40. The Bertz CT molecular complexity index is 602. The van der Waals surface area contributed by atoms with Gasteiger partial charge in [0.2, 0.25) is 0 Å². The fraction of sp³-hybridized carbons (Fsp3) is 0.273. The maximum atomic E-state index is 11.9. The molecule has 2 aromatic rings.